The summed E-state index contributed by atoms with van der Waals surface area (Å²) in [6.07, 6.45) is -0.486. The predicted molar refractivity (Wildman–Crippen MR) is 80.8 cm³/mol. The normalized spacial score (nSPS) is 13.3. The van der Waals surface area contributed by atoms with Crippen LogP contribution in [-0.4, -0.2) is 21.1 Å². The molecule has 8 heteroatoms. The van der Waals surface area contributed by atoms with Gasteiger partial charge in [0.1, 0.15) is 11.7 Å². The number of para-hydroxylation sites is 1. The van der Waals surface area contributed by atoms with E-state index in [2.05, 4.69) is 15.0 Å². The number of rotatable bonds is 2. The Labute approximate surface area is 134 Å². The number of halogens is 4. The molecular weight excluding hydrogens is 329 g/mol. The van der Waals surface area contributed by atoms with Crippen molar-refractivity contribution in [1.29, 1.82) is 0 Å². The van der Waals surface area contributed by atoms with Gasteiger partial charge >= 0.3 is 6.18 Å². The molecule has 4 nitrogen and oxygen atoms in total. The maximum atomic E-state index is 13.1. The van der Waals surface area contributed by atoms with Gasteiger partial charge in [0.05, 0.1) is 22.4 Å². The number of alkyl halides is 3. The molecule has 2 heterocycles. The van der Waals surface area contributed by atoms with E-state index in [1.165, 1.54) is 24.7 Å². The molecule has 3 aromatic rings. The summed E-state index contributed by atoms with van der Waals surface area (Å²) in [6.45, 7) is 0. The highest BCUT2D eigenvalue weighted by Crippen LogP contribution is 2.37. The third kappa shape index (κ3) is 2.97. The Morgan fingerprint density at radius 3 is 2.61 bits per heavy atom. The van der Waals surface area contributed by atoms with Crippen LogP contribution >= 0.6 is 11.6 Å². The number of pyridine rings is 1. The molecular formula is C15H10ClF3N4. The van der Waals surface area contributed by atoms with E-state index >= 15 is 0 Å². The summed E-state index contributed by atoms with van der Waals surface area (Å²) >= 11 is 6.09. The van der Waals surface area contributed by atoms with E-state index < -0.39 is 12.2 Å². The smallest absolute Gasteiger partial charge is 0.316 e. The topological polar surface area (TPSA) is 64.7 Å². The van der Waals surface area contributed by atoms with Gasteiger partial charge in [0.25, 0.3) is 0 Å². The highest BCUT2D eigenvalue weighted by molar-refractivity contribution is 6.35. The van der Waals surface area contributed by atoms with Gasteiger partial charge in [0.2, 0.25) is 0 Å². The van der Waals surface area contributed by atoms with Crippen LogP contribution in [0.5, 0.6) is 0 Å². The summed E-state index contributed by atoms with van der Waals surface area (Å²) in [5, 5.41) is 0.805. The van der Waals surface area contributed by atoms with Gasteiger partial charge in [-0.25, -0.2) is 4.98 Å². The van der Waals surface area contributed by atoms with Crippen molar-refractivity contribution in [3.8, 4) is 11.4 Å². The lowest BCUT2D eigenvalue weighted by Gasteiger charge is -2.19. The summed E-state index contributed by atoms with van der Waals surface area (Å²) in [5.41, 5.74) is 5.82. The number of nitrogens with zero attached hydrogens (tertiary/aromatic N) is 3. The van der Waals surface area contributed by atoms with Gasteiger partial charge in [0.15, 0.2) is 0 Å². The van der Waals surface area contributed by atoms with Crippen molar-refractivity contribution in [2.75, 3.05) is 0 Å². The summed E-state index contributed by atoms with van der Waals surface area (Å²) in [4.78, 5) is 12.2. The molecule has 0 aliphatic heterocycles. The highest BCUT2D eigenvalue weighted by atomic mass is 35.5. The molecule has 2 N–H and O–H groups in total. The van der Waals surface area contributed by atoms with Crippen LogP contribution in [0, 0.1) is 0 Å². The molecule has 0 aliphatic rings. The second-order valence-electron chi connectivity index (χ2n) is 4.85. The van der Waals surface area contributed by atoms with E-state index in [-0.39, 0.29) is 17.0 Å². The van der Waals surface area contributed by atoms with Gasteiger partial charge in [-0.1, -0.05) is 23.7 Å². The fourth-order valence-electron chi connectivity index (χ4n) is 2.22. The first-order valence-electron chi connectivity index (χ1n) is 6.56. The van der Waals surface area contributed by atoms with Crippen LogP contribution in [0.25, 0.3) is 22.3 Å². The van der Waals surface area contributed by atoms with Crippen molar-refractivity contribution in [1.82, 2.24) is 15.0 Å². The van der Waals surface area contributed by atoms with Crippen molar-refractivity contribution in [2.24, 2.45) is 5.73 Å². The van der Waals surface area contributed by atoms with E-state index in [1.807, 2.05) is 0 Å². The maximum absolute atomic E-state index is 13.1. The van der Waals surface area contributed by atoms with Crippen molar-refractivity contribution in [2.45, 2.75) is 12.2 Å². The zero-order valence-corrected chi connectivity index (χ0v) is 12.3. The zero-order chi connectivity index (χ0) is 16.6. The molecule has 0 unspecified atom stereocenters. The summed E-state index contributed by atoms with van der Waals surface area (Å²) in [6, 6.07) is 4.03. The van der Waals surface area contributed by atoms with Crippen LogP contribution in [0.3, 0.4) is 0 Å². The first kappa shape index (κ1) is 15.6. The standard InChI is InChI=1S/C15H10ClF3N4/c16-10-3-1-2-8-6-9(14(20)15(17,18)19)13(23-12(8)10)11-7-21-4-5-22-11/h1-7,14H,20H2/t14-/m1/s1. The summed E-state index contributed by atoms with van der Waals surface area (Å²) in [5.74, 6) is 0. The minimum atomic E-state index is -4.61. The van der Waals surface area contributed by atoms with E-state index in [0.717, 1.165) is 0 Å². The molecule has 0 saturated carbocycles. The lowest BCUT2D eigenvalue weighted by atomic mass is 10.0. The van der Waals surface area contributed by atoms with Crippen LogP contribution in [0.4, 0.5) is 13.2 Å². The maximum Gasteiger partial charge on any atom is 0.407 e. The Morgan fingerprint density at radius 1 is 1.17 bits per heavy atom. The summed E-state index contributed by atoms with van der Waals surface area (Å²) in [7, 11) is 0. The van der Waals surface area contributed by atoms with E-state index in [9.17, 15) is 13.2 Å². The molecule has 23 heavy (non-hydrogen) atoms. The molecule has 118 valence electrons. The van der Waals surface area contributed by atoms with Crippen molar-refractivity contribution < 1.29 is 13.2 Å². The number of nitrogens with two attached hydrogens (primary N) is 1. The lowest BCUT2D eigenvalue weighted by molar-refractivity contribution is -0.149. The highest BCUT2D eigenvalue weighted by Gasteiger charge is 2.40. The molecule has 3 rings (SSSR count). The van der Waals surface area contributed by atoms with Crippen LogP contribution < -0.4 is 5.73 Å². The second kappa shape index (κ2) is 5.75. The number of fused-ring (bicyclic) bond motifs is 1. The largest absolute Gasteiger partial charge is 0.407 e. The Balaban J connectivity index is 2.32. The minimum absolute atomic E-state index is 0.0172. The fourth-order valence-corrected chi connectivity index (χ4v) is 2.44. The van der Waals surface area contributed by atoms with Gasteiger partial charge in [0, 0.05) is 23.3 Å². The molecule has 0 fully saturated rings. The molecule has 1 aromatic carbocycles. The second-order valence-corrected chi connectivity index (χ2v) is 5.25. The number of hydrogen-bond acceptors (Lipinski definition) is 4. The third-order valence-corrected chi connectivity index (χ3v) is 3.62. The van der Waals surface area contributed by atoms with Crippen LogP contribution in [0.1, 0.15) is 11.6 Å². The Hall–Kier alpha value is -2.25. The zero-order valence-electron chi connectivity index (χ0n) is 11.5. The molecule has 0 saturated heterocycles. The van der Waals surface area contributed by atoms with Gasteiger partial charge in [-0.3, -0.25) is 9.97 Å². The molecule has 1 atom stereocenters. The van der Waals surface area contributed by atoms with Crippen molar-refractivity contribution >= 4 is 22.5 Å². The average molecular weight is 339 g/mol. The molecule has 0 spiro atoms. The number of hydrogen-bond donors (Lipinski definition) is 1. The first-order chi connectivity index (χ1) is 10.9. The molecule has 0 radical (unpaired) electrons. The molecule has 0 amide bonds. The molecule has 0 bridgehead atoms. The van der Waals surface area contributed by atoms with Crippen molar-refractivity contribution in [3.63, 3.8) is 0 Å². The third-order valence-electron chi connectivity index (χ3n) is 3.32. The fraction of sp³-hybridized carbons (Fsp3) is 0.133. The monoisotopic (exact) mass is 338 g/mol. The van der Waals surface area contributed by atoms with E-state index in [4.69, 9.17) is 17.3 Å². The van der Waals surface area contributed by atoms with E-state index in [1.54, 1.807) is 18.2 Å². The number of aromatic nitrogens is 3. The Morgan fingerprint density at radius 2 is 1.96 bits per heavy atom. The number of benzene rings is 1. The van der Waals surface area contributed by atoms with E-state index in [0.29, 0.717) is 15.9 Å². The van der Waals surface area contributed by atoms with Gasteiger partial charge in [-0.05, 0) is 12.1 Å². The quantitative estimate of drug-likeness (QED) is 0.769. The first-order valence-corrected chi connectivity index (χ1v) is 6.93. The average Bonchev–Trinajstić information content (AvgIpc) is 2.53. The molecule has 2 aromatic heterocycles. The summed E-state index contributed by atoms with van der Waals surface area (Å²) < 4.78 is 39.3. The van der Waals surface area contributed by atoms with Gasteiger partial charge in [-0.15, -0.1) is 0 Å². The van der Waals surface area contributed by atoms with Crippen LogP contribution in [0.2, 0.25) is 5.02 Å². The molecule has 0 aliphatic carbocycles. The SMILES string of the molecule is N[C@H](c1cc2cccc(Cl)c2nc1-c1cnccn1)C(F)(F)F. The minimum Gasteiger partial charge on any atom is -0.316 e. The van der Waals surface area contributed by atoms with Crippen LogP contribution in [-0.2, 0) is 0 Å². The van der Waals surface area contributed by atoms with Gasteiger partial charge in [-0.2, -0.15) is 13.2 Å². The van der Waals surface area contributed by atoms with Crippen molar-refractivity contribution in [3.05, 3.63) is 53.4 Å². The van der Waals surface area contributed by atoms with Crippen LogP contribution in [0.15, 0.2) is 42.9 Å². The predicted octanol–water partition coefficient (Wildman–Crippen LogP) is 3.91. The van der Waals surface area contributed by atoms with Gasteiger partial charge < -0.3 is 5.73 Å². The lowest BCUT2D eigenvalue weighted by Crippen LogP contribution is -2.29. The Kier molecular flexibility index (Phi) is 3.91. The Bertz CT molecular complexity index is 852.